The van der Waals surface area contributed by atoms with Crippen LogP contribution >= 0.6 is 15.9 Å². The van der Waals surface area contributed by atoms with Gasteiger partial charge in [-0.3, -0.25) is 4.79 Å². The van der Waals surface area contributed by atoms with Gasteiger partial charge in [0, 0.05) is 17.6 Å². The number of phenolic OH excluding ortho intramolecular Hbond substituents is 1. The van der Waals surface area contributed by atoms with E-state index in [4.69, 9.17) is 0 Å². The molecule has 1 N–H and O–H groups in total. The van der Waals surface area contributed by atoms with Crippen molar-refractivity contribution >= 4 is 21.8 Å². The number of amides is 1. The average Bonchev–Trinajstić information content (AvgIpc) is 2.46. The molecule has 3 nitrogen and oxygen atoms in total. The Labute approximate surface area is 130 Å². The first kappa shape index (κ1) is 14.1. The minimum Gasteiger partial charge on any atom is -0.508 e. The van der Waals surface area contributed by atoms with Gasteiger partial charge in [-0.1, -0.05) is 12.1 Å². The van der Waals surface area contributed by atoms with Crippen molar-refractivity contribution in [3.05, 3.63) is 63.4 Å². The Kier molecular flexibility index (Phi) is 3.68. The van der Waals surface area contributed by atoms with Crippen molar-refractivity contribution in [2.75, 3.05) is 6.54 Å². The van der Waals surface area contributed by atoms with Gasteiger partial charge in [-0.15, -0.1) is 0 Å². The fraction of sp³-hybridized carbons (Fsp3) is 0.188. The zero-order chi connectivity index (χ0) is 15.0. The van der Waals surface area contributed by atoms with E-state index in [1.54, 1.807) is 29.2 Å². The van der Waals surface area contributed by atoms with Crippen LogP contribution in [0.2, 0.25) is 0 Å². The fourth-order valence-electron chi connectivity index (χ4n) is 2.58. The molecule has 0 saturated carbocycles. The molecular weight excluding hydrogens is 337 g/mol. The molecule has 1 amide bonds. The van der Waals surface area contributed by atoms with Gasteiger partial charge in [0.1, 0.15) is 11.6 Å². The number of nitrogens with zero attached hydrogens (tertiary/aromatic N) is 1. The molecule has 0 saturated heterocycles. The fourth-order valence-corrected chi connectivity index (χ4v) is 3.09. The predicted octanol–water partition coefficient (Wildman–Crippen LogP) is 3.49. The third-order valence-corrected chi connectivity index (χ3v) is 4.33. The largest absolute Gasteiger partial charge is 0.508 e. The van der Waals surface area contributed by atoms with E-state index in [0.717, 1.165) is 11.1 Å². The second-order valence-electron chi connectivity index (χ2n) is 5.03. The summed E-state index contributed by atoms with van der Waals surface area (Å²) in [7, 11) is 0. The van der Waals surface area contributed by atoms with E-state index in [-0.39, 0.29) is 17.2 Å². The summed E-state index contributed by atoms with van der Waals surface area (Å²) >= 11 is 3.23. The molecule has 21 heavy (non-hydrogen) atoms. The van der Waals surface area contributed by atoms with Gasteiger partial charge in [-0.05, 0) is 57.7 Å². The SMILES string of the molecule is O=C(c1c(F)cccc1Br)N1CCc2ccc(O)cc2C1. The summed E-state index contributed by atoms with van der Waals surface area (Å²) in [6.45, 7) is 0.917. The maximum Gasteiger partial charge on any atom is 0.258 e. The molecule has 0 atom stereocenters. The molecular formula is C16H13BrFNO2. The lowest BCUT2D eigenvalue weighted by atomic mass is 9.99. The number of fused-ring (bicyclic) bond motifs is 1. The number of carbonyl (C=O) groups excluding carboxylic acids is 1. The van der Waals surface area contributed by atoms with Gasteiger partial charge in [-0.25, -0.2) is 4.39 Å². The Bertz CT molecular complexity index is 697. The summed E-state index contributed by atoms with van der Waals surface area (Å²) in [5.41, 5.74) is 2.08. The van der Waals surface area contributed by atoms with Crippen LogP contribution in [-0.4, -0.2) is 22.5 Å². The van der Waals surface area contributed by atoms with Crippen LogP contribution in [0.3, 0.4) is 0 Å². The summed E-state index contributed by atoms with van der Waals surface area (Å²) < 4.78 is 14.4. The van der Waals surface area contributed by atoms with Crippen molar-refractivity contribution in [1.29, 1.82) is 0 Å². The van der Waals surface area contributed by atoms with E-state index >= 15 is 0 Å². The van der Waals surface area contributed by atoms with Gasteiger partial charge in [0.2, 0.25) is 0 Å². The second kappa shape index (κ2) is 5.48. The van der Waals surface area contributed by atoms with Crippen LogP contribution in [0.15, 0.2) is 40.9 Å². The molecule has 0 radical (unpaired) electrons. The lowest BCUT2D eigenvalue weighted by molar-refractivity contribution is 0.0728. The first-order valence-electron chi connectivity index (χ1n) is 6.60. The number of phenols is 1. The maximum atomic E-state index is 13.9. The van der Waals surface area contributed by atoms with E-state index < -0.39 is 5.82 Å². The molecule has 1 aliphatic rings. The maximum absolute atomic E-state index is 13.9. The lowest BCUT2D eigenvalue weighted by Gasteiger charge is -2.29. The Morgan fingerprint density at radius 3 is 2.81 bits per heavy atom. The van der Waals surface area contributed by atoms with Crippen LogP contribution in [0.4, 0.5) is 4.39 Å². The smallest absolute Gasteiger partial charge is 0.258 e. The molecule has 3 rings (SSSR count). The molecule has 1 aliphatic heterocycles. The normalized spacial score (nSPS) is 13.9. The summed E-state index contributed by atoms with van der Waals surface area (Å²) in [6, 6.07) is 9.65. The van der Waals surface area contributed by atoms with Gasteiger partial charge in [0.05, 0.1) is 5.56 Å². The quantitative estimate of drug-likeness (QED) is 0.855. The predicted molar refractivity (Wildman–Crippen MR) is 80.7 cm³/mol. The Balaban J connectivity index is 1.91. The third kappa shape index (κ3) is 2.65. The number of hydrogen-bond acceptors (Lipinski definition) is 2. The molecule has 0 aromatic heterocycles. The molecule has 0 fully saturated rings. The van der Waals surface area contributed by atoms with Gasteiger partial charge in [0.15, 0.2) is 0 Å². The molecule has 0 bridgehead atoms. The Morgan fingerprint density at radius 1 is 1.24 bits per heavy atom. The zero-order valence-electron chi connectivity index (χ0n) is 11.1. The highest BCUT2D eigenvalue weighted by molar-refractivity contribution is 9.10. The van der Waals surface area contributed by atoms with Crippen molar-refractivity contribution in [1.82, 2.24) is 4.90 Å². The van der Waals surface area contributed by atoms with Crippen LogP contribution in [0, 0.1) is 5.82 Å². The topological polar surface area (TPSA) is 40.5 Å². The summed E-state index contributed by atoms with van der Waals surface area (Å²) in [6.07, 6.45) is 0.702. The highest BCUT2D eigenvalue weighted by Gasteiger charge is 2.25. The van der Waals surface area contributed by atoms with E-state index in [1.807, 2.05) is 6.07 Å². The van der Waals surface area contributed by atoms with Gasteiger partial charge in [-0.2, -0.15) is 0 Å². The number of hydrogen-bond donors (Lipinski definition) is 1. The number of carbonyl (C=O) groups is 1. The van der Waals surface area contributed by atoms with Crippen molar-refractivity contribution in [2.24, 2.45) is 0 Å². The van der Waals surface area contributed by atoms with Crippen LogP contribution in [-0.2, 0) is 13.0 Å². The molecule has 0 aliphatic carbocycles. The first-order valence-corrected chi connectivity index (χ1v) is 7.39. The highest BCUT2D eigenvalue weighted by Crippen LogP contribution is 2.27. The average molecular weight is 350 g/mol. The summed E-state index contributed by atoms with van der Waals surface area (Å²) in [5.74, 6) is -0.694. The molecule has 2 aromatic rings. The van der Waals surface area contributed by atoms with E-state index in [9.17, 15) is 14.3 Å². The van der Waals surface area contributed by atoms with E-state index in [0.29, 0.717) is 24.0 Å². The molecule has 2 aromatic carbocycles. The molecule has 108 valence electrons. The van der Waals surface area contributed by atoms with Crippen molar-refractivity contribution in [3.8, 4) is 5.75 Å². The summed E-state index contributed by atoms with van der Waals surface area (Å²) in [4.78, 5) is 14.1. The third-order valence-electron chi connectivity index (χ3n) is 3.67. The molecule has 0 unspecified atom stereocenters. The van der Waals surface area contributed by atoms with Crippen LogP contribution in [0.25, 0.3) is 0 Å². The minimum atomic E-state index is -0.531. The Morgan fingerprint density at radius 2 is 2.05 bits per heavy atom. The van der Waals surface area contributed by atoms with Crippen LogP contribution < -0.4 is 0 Å². The number of halogens is 2. The van der Waals surface area contributed by atoms with Crippen molar-refractivity contribution in [2.45, 2.75) is 13.0 Å². The van der Waals surface area contributed by atoms with E-state index in [2.05, 4.69) is 15.9 Å². The van der Waals surface area contributed by atoms with E-state index in [1.165, 1.54) is 6.07 Å². The zero-order valence-corrected chi connectivity index (χ0v) is 12.7. The number of rotatable bonds is 1. The number of benzene rings is 2. The van der Waals surface area contributed by atoms with Crippen molar-refractivity contribution < 1.29 is 14.3 Å². The molecule has 1 heterocycles. The van der Waals surface area contributed by atoms with Gasteiger partial charge < -0.3 is 10.0 Å². The minimum absolute atomic E-state index is 0.0566. The molecule has 5 heteroatoms. The Hall–Kier alpha value is -1.88. The van der Waals surface area contributed by atoms with Crippen molar-refractivity contribution in [3.63, 3.8) is 0 Å². The van der Waals surface area contributed by atoms with Gasteiger partial charge >= 0.3 is 0 Å². The van der Waals surface area contributed by atoms with Crippen LogP contribution in [0.1, 0.15) is 21.5 Å². The lowest BCUT2D eigenvalue weighted by Crippen LogP contribution is -2.36. The first-order chi connectivity index (χ1) is 10.1. The van der Waals surface area contributed by atoms with Gasteiger partial charge in [0.25, 0.3) is 5.91 Å². The standard InChI is InChI=1S/C16H13BrFNO2/c17-13-2-1-3-14(18)15(13)16(21)19-7-6-10-4-5-12(20)8-11(10)9-19/h1-5,8,20H,6-7,9H2. The summed E-state index contributed by atoms with van der Waals surface area (Å²) in [5, 5.41) is 9.55. The highest BCUT2D eigenvalue weighted by atomic mass is 79.9. The molecule has 0 spiro atoms. The second-order valence-corrected chi connectivity index (χ2v) is 5.88. The van der Waals surface area contributed by atoms with Crippen LogP contribution in [0.5, 0.6) is 5.75 Å². The number of aromatic hydroxyl groups is 1. The monoisotopic (exact) mass is 349 g/mol.